The lowest BCUT2D eigenvalue weighted by atomic mass is 9.84. The molecule has 0 spiro atoms. The number of carbonyl (C=O) groups is 3. The molecule has 1 rings (SSSR count). The summed E-state index contributed by atoms with van der Waals surface area (Å²) in [5, 5.41) is 0. The minimum atomic E-state index is -1.61. The van der Waals surface area contributed by atoms with Gasteiger partial charge in [-0.25, -0.2) is 9.18 Å². The third-order valence-corrected chi connectivity index (χ3v) is 2.40. The van der Waals surface area contributed by atoms with Crippen LogP contribution in [-0.4, -0.2) is 30.3 Å². The van der Waals surface area contributed by atoms with Crippen LogP contribution in [0.1, 0.15) is 26.2 Å². The zero-order chi connectivity index (χ0) is 11.4. The van der Waals surface area contributed by atoms with Crippen LogP contribution in [0, 0.1) is 5.92 Å². The maximum Gasteiger partial charge on any atom is 0.375 e. The normalized spacial score (nSPS) is 26.1. The molecule has 0 saturated heterocycles. The van der Waals surface area contributed by atoms with Gasteiger partial charge < -0.3 is 4.74 Å². The first-order chi connectivity index (χ1) is 7.07. The topological polar surface area (TPSA) is 60.4 Å². The first-order valence-corrected chi connectivity index (χ1v) is 4.96. The van der Waals surface area contributed by atoms with Crippen LogP contribution >= 0.6 is 0 Å². The average molecular weight is 216 g/mol. The number of Topliss-reactive ketones (excluding diaryl/α,β-unsaturated/α-hetero) is 2. The molecule has 1 saturated carbocycles. The molecule has 0 amide bonds. The number of ketones is 2. The lowest BCUT2D eigenvalue weighted by molar-refractivity contribution is -0.158. The molecule has 0 aromatic rings. The number of ether oxygens (including phenoxy) is 1. The number of esters is 1. The quantitative estimate of drug-likeness (QED) is 0.398. The number of halogens is 1. The molecule has 1 aliphatic rings. The molecular formula is C10H13FO4. The van der Waals surface area contributed by atoms with E-state index in [9.17, 15) is 18.8 Å². The predicted octanol–water partition coefficient (Wildman–Crippen LogP) is 0.826. The molecular weight excluding hydrogens is 203 g/mol. The summed E-state index contributed by atoms with van der Waals surface area (Å²) >= 11 is 0. The molecule has 1 fully saturated rings. The van der Waals surface area contributed by atoms with Crippen LogP contribution < -0.4 is 0 Å². The van der Waals surface area contributed by atoms with Gasteiger partial charge in [0.25, 0.3) is 5.78 Å². The van der Waals surface area contributed by atoms with Crippen molar-refractivity contribution >= 4 is 17.5 Å². The number of alkyl halides is 1. The second-order valence-electron chi connectivity index (χ2n) is 3.44. The second kappa shape index (κ2) is 5.00. The molecule has 0 radical (unpaired) electrons. The van der Waals surface area contributed by atoms with Crippen LogP contribution in [0.2, 0.25) is 0 Å². The Labute approximate surface area is 86.8 Å². The Bertz CT molecular complexity index is 287. The van der Waals surface area contributed by atoms with Gasteiger partial charge in [-0.05, 0) is 26.2 Å². The molecule has 0 N–H and O–H groups in total. The highest BCUT2D eigenvalue weighted by Gasteiger charge is 2.39. The smallest absolute Gasteiger partial charge is 0.375 e. The highest BCUT2D eigenvalue weighted by Crippen LogP contribution is 2.24. The van der Waals surface area contributed by atoms with Crippen molar-refractivity contribution in [3.63, 3.8) is 0 Å². The summed E-state index contributed by atoms with van der Waals surface area (Å²) in [6, 6.07) is 0. The zero-order valence-electron chi connectivity index (χ0n) is 8.49. The van der Waals surface area contributed by atoms with Gasteiger partial charge in [0.15, 0.2) is 12.0 Å². The monoisotopic (exact) mass is 216 g/mol. The van der Waals surface area contributed by atoms with Crippen LogP contribution in [0.25, 0.3) is 0 Å². The number of rotatable bonds is 3. The van der Waals surface area contributed by atoms with Crippen molar-refractivity contribution in [2.75, 3.05) is 6.61 Å². The van der Waals surface area contributed by atoms with Crippen molar-refractivity contribution in [3.05, 3.63) is 0 Å². The minimum Gasteiger partial charge on any atom is -0.460 e. The van der Waals surface area contributed by atoms with Gasteiger partial charge in [0.1, 0.15) is 0 Å². The Kier molecular flexibility index (Phi) is 3.94. The van der Waals surface area contributed by atoms with E-state index in [0.717, 1.165) is 0 Å². The number of hydrogen-bond donors (Lipinski definition) is 0. The Morgan fingerprint density at radius 2 is 2.13 bits per heavy atom. The maximum absolute atomic E-state index is 13.0. The lowest BCUT2D eigenvalue weighted by Crippen LogP contribution is -2.38. The van der Waals surface area contributed by atoms with E-state index in [1.54, 1.807) is 6.92 Å². The molecule has 0 heterocycles. The van der Waals surface area contributed by atoms with E-state index in [2.05, 4.69) is 4.74 Å². The van der Waals surface area contributed by atoms with E-state index in [0.29, 0.717) is 6.42 Å². The van der Waals surface area contributed by atoms with Gasteiger partial charge in [0.05, 0.1) is 12.5 Å². The summed E-state index contributed by atoms with van der Waals surface area (Å²) in [7, 11) is 0. The molecule has 5 heteroatoms. The van der Waals surface area contributed by atoms with Gasteiger partial charge in [0.2, 0.25) is 0 Å². The zero-order valence-corrected chi connectivity index (χ0v) is 8.49. The molecule has 0 aromatic carbocycles. The van der Waals surface area contributed by atoms with Gasteiger partial charge in [-0.2, -0.15) is 0 Å². The summed E-state index contributed by atoms with van der Waals surface area (Å²) in [6.07, 6.45) is -0.771. The first kappa shape index (κ1) is 11.8. The standard InChI is InChI=1S/C10H13FO4/c1-2-15-10(14)9(13)6-4-3-5-7(11)8(6)12/h6-7H,2-5H2,1H3/t6-,7+/m1/s1. The molecule has 15 heavy (non-hydrogen) atoms. The van der Waals surface area contributed by atoms with Crippen LogP contribution in [0.5, 0.6) is 0 Å². The van der Waals surface area contributed by atoms with Crippen molar-refractivity contribution in [3.8, 4) is 0 Å². The molecule has 0 bridgehead atoms. The summed E-state index contributed by atoms with van der Waals surface area (Å²) in [5.74, 6) is -3.86. The van der Waals surface area contributed by atoms with Crippen molar-refractivity contribution in [1.82, 2.24) is 0 Å². The highest BCUT2D eigenvalue weighted by molar-refractivity contribution is 6.38. The molecule has 0 aliphatic heterocycles. The third kappa shape index (κ3) is 2.61. The minimum absolute atomic E-state index is 0.0739. The lowest BCUT2D eigenvalue weighted by Gasteiger charge is -2.20. The summed E-state index contributed by atoms with van der Waals surface area (Å²) in [4.78, 5) is 33.7. The molecule has 2 atom stereocenters. The van der Waals surface area contributed by atoms with E-state index in [-0.39, 0.29) is 19.4 Å². The fourth-order valence-corrected chi connectivity index (χ4v) is 1.61. The molecule has 0 unspecified atom stereocenters. The maximum atomic E-state index is 13.0. The van der Waals surface area contributed by atoms with Crippen molar-refractivity contribution < 1.29 is 23.5 Å². The molecule has 1 aliphatic carbocycles. The number of carbonyl (C=O) groups excluding carboxylic acids is 3. The van der Waals surface area contributed by atoms with Gasteiger partial charge in [-0.1, -0.05) is 0 Å². The summed E-state index contributed by atoms with van der Waals surface area (Å²) in [6.45, 7) is 1.64. The highest BCUT2D eigenvalue weighted by atomic mass is 19.1. The summed E-state index contributed by atoms with van der Waals surface area (Å²) in [5.41, 5.74) is 0. The molecule has 4 nitrogen and oxygen atoms in total. The van der Waals surface area contributed by atoms with Crippen LogP contribution in [0.4, 0.5) is 4.39 Å². The van der Waals surface area contributed by atoms with Crippen LogP contribution in [-0.2, 0) is 19.1 Å². The Hall–Kier alpha value is -1.26. The van der Waals surface area contributed by atoms with Crippen LogP contribution in [0.3, 0.4) is 0 Å². The molecule has 0 aromatic heterocycles. The Balaban J connectivity index is 2.66. The van der Waals surface area contributed by atoms with E-state index in [1.807, 2.05) is 0 Å². The largest absolute Gasteiger partial charge is 0.460 e. The fraction of sp³-hybridized carbons (Fsp3) is 0.700. The average Bonchev–Trinajstić information content (AvgIpc) is 2.21. The van der Waals surface area contributed by atoms with E-state index in [1.165, 1.54) is 0 Å². The van der Waals surface area contributed by atoms with E-state index in [4.69, 9.17) is 0 Å². The Morgan fingerprint density at radius 3 is 2.73 bits per heavy atom. The van der Waals surface area contributed by atoms with Crippen molar-refractivity contribution in [1.29, 1.82) is 0 Å². The van der Waals surface area contributed by atoms with Gasteiger partial charge in [-0.15, -0.1) is 0 Å². The Morgan fingerprint density at radius 1 is 1.47 bits per heavy atom. The van der Waals surface area contributed by atoms with Crippen LogP contribution in [0.15, 0.2) is 0 Å². The third-order valence-electron chi connectivity index (χ3n) is 2.40. The van der Waals surface area contributed by atoms with Crippen molar-refractivity contribution in [2.45, 2.75) is 32.4 Å². The first-order valence-electron chi connectivity index (χ1n) is 4.96. The molecule has 84 valence electrons. The summed E-state index contributed by atoms with van der Waals surface area (Å²) < 4.78 is 17.5. The van der Waals surface area contributed by atoms with Gasteiger partial charge >= 0.3 is 5.97 Å². The van der Waals surface area contributed by atoms with E-state index >= 15 is 0 Å². The fourth-order valence-electron chi connectivity index (χ4n) is 1.61. The van der Waals surface area contributed by atoms with E-state index < -0.39 is 29.6 Å². The predicted molar refractivity (Wildman–Crippen MR) is 48.9 cm³/mol. The van der Waals surface area contributed by atoms with Gasteiger partial charge in [0, 0.05) is 0 Å². The van der Waals surface area contributed by atoms with Crippen molar-refractivity contribution in [2.24, 2.45) is 5.92 Å². The second-order valence-corrected chi connectivity index (χ2v) is 3.44. The number of hydrogen-bond acceptors (Lipinski definition) is 4. The SMILES string of the molecule is CCOC(=O)C(=O)[C@@H]1CCC[C@H](F)C1=O. The van der Waals surface area contributed by atoms with Gasteiger partial charge in [-0.3, -0.25) is 9.59 Å².